The minimum Gasteiger partial charge on any atom is -0.476 e. The summed E-state index contributed by atoms with van der Waals surface area (Å²) < 4.78 is 5.32. The molecule has 27 heavy (non-hydrogen) atoms. The maximum Gasteiger partial charge on any atom is 0.356 e. The Kier molecular flexibility index (Phi) is 3.33. The van der Waals surface area contributed by atoms with Crippen molar-refractivity contribution >= 4 is 23.0 Å². The van der Waals surface area contributed by atoms with Crippen LogP contribution >= 0.6 is 0 Å². The molecule has 1 aliphatic heterocycles. The highest BCUT2D eigenvalue weighted by molar-refractivity contribution is 6.07. The van der Waals surface area contributed by atoms with Crippen LogP contribution in [0.5, 0.6) is 0 Å². The maximum atomic E-state index is 13.5. The van der Waals surface area contributed by atoms with Gasteiger partial charge in [0.05, 0.1) is 23.2 Å². The summed E-state index contributed by atoms with van der Waals surface area (Å²) in [6.07, 6.45) is 3.12. The molecule has 9 nitrogen and oxygen atoms in total. The Balaban J connectivity index is 1.60. The van der Waals surface area contributed by atoms with E-state index in [0.29, 0.717) is 40.9 Å². The van der Waals surface area contributed by atoms with E-state index in [1.54, 1.807) is 11.8 Å². The van der Waals surface area contributed by atoms with Crippen LogP contribution in [0.15, 0.2) is 4.52 Å². The second-order valence-corrected chi connectivity index (χ2v) is 7.02. The predicted molar refractivity (Wildman–Crippen MR) is 92.6 cm³/mol. The van der Waals surface area contributed by atoms with Gasteiger partial charge in [0, 0.05) is 29.9 Å². The number of H-pyrrole nitrogens is 1. The number of aromatic carboxylic acids is 1. The summed E-state index contributed by atoms with van der Waals surface area (Å²) in [5.41, 5.74) is 4.84. The zero-order chi connectivity index (χ0) is 18.7. The second kappa shape index (κ2) is 5.63. The molecule has 0 atom stereocenters. The summed E-state index contributed by atoms with van der Waals surface area (Å²) in [4.78, 5) is 31.1. The number of hydrogen-bond acceptors (Lipinski definition) is 6. The van der Waals surface area contributed by atoms with Gasteiger partial charge in [-0.3, -0.25) is 9.89 Å². The van der Waals surface area contributed by atoms with E-state index < -0.39 is 5.97 Å². The van der Waals surface area contributed by atoms with Gasteiger partial charge in [-0.1, -0.05) is 5.16 Å². The number of fused-ring (bicyclic) bond motifs is 3. The highest BCUT2D eigenvalue weighted by Gasteiger charge is 2.33. The van der Waals surface area contributed by atoms with E-state index in [4.69, 9.17) is 4.52 Å². The average molecular weight is 367 g/mol. The van der Waals surface area contributed by atoms with Crippen LogP contribution in [0.1, 0.15) is 55.5 Å². The Bertz CT molecular complexity index is 1110. The van der Waals surface area contributed by atoms with Gasteiger partial charge < -0.3 is 14.5 Å². The minimum atomic E-state index is -1.09. The summed E-state index contributed by atoms with van der Waals surface area (Å²) in [6, 6.07) is 0. The fourth-order valence-electron chi connectivity index (χ4n) is 4.16. The van der Waals surface area contributed by atoms with Crippen LogP contribution < -0.4 is 0 Å². The molecule has 0 aromatic carbocycles. The molecule has 138 valence electrons. The van der Waals surface area contributed by atoms with Crippen LogP contribution in [-0.4, -0.2) is 48.8 Å². The van der Waals surface area contributed by atoms with Gasteiger partial charge in [-0.2, -0.15) is 5.10 Å². The molecule has 5 rings (SSSR count). The zero-order valence-corrected chi connectivity index (χ0v) is 14.7. The molecule has 0 saturated heterocycles. The number of aromatic nitrogens is 4. The molecule has 0 radical (unpaired) electrons. The van der Waals surface area contributed by atoms with Gasteiger partial charge in [-0.25, -0.2) is 9.78 Å². The van der Waals surface area contributed by atoms with E-state index >= 15 is 0 Å². The van der Waals surface area contributed by atoms with Crippen molar-refractivity contribution in [2.24, 2.45) is 0 Å². The molecule has 2 aliphatic rings. The van der Waals surface area contributed by atoms with Crippen molar-refractivity contribution in [1.29, 1.82) is 0 Å². The molecule has 9 heteroatoms. The number of rotatable bonds is 2. The Morgan fingerprint density at radius 3 is 2.89 bits per heavy atom. The number of carbonyl (C=O) groups is 2. The van der Waals surface area contributed by atoms with Crippen molar-refractivity contribution in [2.45, 2.75) is 39.2 Å². The number of pyridine rings is 1. The Morgan fingerprint density at radius 2 is 2.07 bits per heavy atom. The molecule has 0 saturated carbocycles. The quantitative estimate of drug-likeness (QED) is 0.705. The lowest BCUT2D eigenvalue weighted by atomic mass is 9.99. The minimum absolute atomic E-state index is 0.0197. The SMILES string of the molecule is Cc1noc2nc3c(c(C(=O)N4CCc5[nH]nc(C(=O)O)c5C4)c12)CCC3. The number of amides is 1. The standard InChI is InChI=1S/C18H17N5O4/c1-8-13-14(9-3-2-4-11(9)19-16(13)27-22-8)17(24)23-6-5-12-10(7-23)15(18(25)26)21-20-12/h2-7H2,1H3,(H,20,21)(H,25,26). The van der Waals surface area contributed by atoms with E-state index in [9.17, 15) is 14.7 Å². The second-order valence-electron chi connectivity index (χ2n) is 7.02. The molecule has 0 fully saturated rings. The molecule has 3 aromatic heterocycles. The third-order valence-electron chi connectivity index (χ3n) is 5.46. The lowest BCUT2D eigenvalue weighted by Crippen LogP contribution is -2.37. The number of nitrogens with one attached hydrogen (secondary N) is 1. The highest BCUT2D eigenvalue weighted by Crippen LogP contribution is 2.33. The first-order valence-electron chi connectivity index (χ1n) is 8.91. The first kappa shape index (κ1) is 16.0. The molecule has 1 aliphatic carbocycles. The number of aromatic amines is 1. The zero-order valence-electron chi connectivity index (χ0n) is 14.7. The lowest BCUT2D eigenvalue weighted by Gasteiger charge is -2.28. The van der Waals surface area contributed by atoms with Crippen molar-refractivity contribution in [1.82, 2.24) is 25.2 Å². The summed E-state index contributed by atoms with van der Waals surface area (Å²) in [7, 11) is 0. The van der Waals surface area contributed by atoms with Crippen LogP contribution in [0.3, 0.4) is 0 Å². The molecular weight excluding hydrogens is 350 g/mol. The van der Waals surface area contributed by atoms with Gasteiger partial charge >= 0.3 is 5.97 Å². The number of aryl methyl sites for hydroxylation is 2. The van der Waals surface area contributed by atoms with Crippen molar-refractivity contribution in [2.75, 3.05) is 6.54 Å². The van der Waals surface area contributed by atoms with E-state index in [2.05, 4.69) is 20.3 Å². The molecule has 0 spiro atoms. The summed E-state index contributed by atoms with van der Waals surface area (Å²) in [5, 5.41) is 20.6. The van der Waals surface area contributed by atoms with Crippen molar-refractivity contribution < 1.29 is 19.2 Å². The first-order chi connectivity index (χ1) is 13.0. The van der Waals surface area contributed by atoms with Gasteiger partial charge in [0.15, 0.2) is 5.69 Å². The molecule has 3 aromatic rings. The number of hydrogen-bond donors (Lipinski definition) is 2. The molecule has 4 heterocycles. The molecule has 1 amide bonds. The smallest absolute Gasteiger partial charge is 0.356 e. The predicted octanol–water partition coefficient (Wildman–Crippen LogP) is 1.64. The van der Waals surface area contributed by atoms with Crippen LogP contribution in [-0.2, 0) is 25.8 Å². The van der Waals surface area contributed by atoms with Crippen molar-refractivity contribution in [3.8, 4) is 0 Å². The molecule has 0 unspecified atom stereocenters. The maximum absolute atomic E-state index is 13.5. The van der Waals surface area contributed by atoms with Gasteiger partial charge in [0.25, 0.3) is 11.6 Å². The third kappa shape index (κ3) is 2.27. The fraction of sp³-hybridized carbons (Fsp3) is 0.389. The van der Waals surface area contributed by atoms with Gasteiger partial charge in [-0.15, -0.1) is 0 Å². The topological polar surface area (TPSA) is 125 Å². The van der Waals surface area contributed by atoms with E-state index in [1.807, 2.05) is 0 Å². The summed E-state index contributed by atoms with van der Waals surface area (Å²) in [5.74, 6) is -1.22. The van der Waals surface area contributed by atoms with E-state index in [-0.39, 0.29) is 18.1 Å². The number of carbonyl (C=O) groups excluding carboxylic acids is 1. The van der Waals surface area contributed by atoms with Gasteiger partial charge in [-0.05, 0) is 31.7 Å². The summed E-state index contributed by atoms with van der Waals surface area (Å²) >= 11 is 0. The molecule has 0 bridgehead atoms. The average Bonchev–Trinajstić information content (AvgIpc) is 3.37. The van der Waals surface area contributed by atoms with Gasteiger partial charge in [0.1, 0.15) is 0 Å². The number of nitrogens with zero attached hydrogens (tertiary/aromatic N) is 4. The van der Waals surface area contributed by atoms with Crippen LogP contribution in [0, 0.1) is 6.92 Å². The fourth-order valence-corrected chi connectivity index (χ4v) is 4.16. The van der Waals surface area contributed by atoms with E-state index in [0.717, 1.165) is 36.2 Å². The Morgan fingerprint density at radius 1 is 1.22 bits per heavy atom. The molecular formula is C18H17N5O4. The Labute approximate surface area is 153 Å². The largest absolute Gasteiger partial charge is 0.476 e. The lowest BCUT2D eigenvalue weighted by molar-refractivity contribution is 0.0674. The molecule has 2 N–H and O–H groups in total. The van der Waals surface area contributed by atoms with Crippen LogP contribution in [0.2, 0.25) is 0 Å². The summed E-state index contributed by atoms with van der Waals surface area (Å²) in [6.45, 7) is 2.52. The van der Waals surface area contributed by atoms with Crippen molar-refractivity contribution in [3.05, 3.63) is 39.5 Å². The van der Waals surface area contributed by atoms with Crippen molar-refractivity contribution in [3.63, 3.8) is 0 Å². The van der Waals surface area contributed by atoms with Gasteiger partial charge in [0.2, 0.25) is 0 Å². The first-order valence-corrected chi connectivity index (χ1v) is 8.91. The van der Waals surface area contributed by atoms with E-state index in [1.165, 1.54) is 0 Å². The monoisotopic (exact) mass is 367 g/mol. The van der Waals surface area contributed by atoms with Crippen LogP contribution in [0.4, 0.5) is 0 Å². The number of carboxylic acids is 1. The third-order valence-corrected chi connectivity index (χ3v) is 5.46. The Hall–Kier alpha value is -3.23. The normalized spacial score (nSPS) is 15.8. The highest BCUT2D eigenvalue weighted by atomic mass is 16.5. The van der Waals surface area contributed by atoms with Crippen LogP contribution in [0.25, 0.3) is 11.1 Å². The number of carboxylic acid groups (broad SMARTS) is 1.